The molecule has 2 aromatic rings. The SMILES string of the molecule is Cc1cnn(-c2ccncc2)c1.Cl. The molecule has 2 rings (SSSR count). The first-order valence-electron chi connectivity index (χ1n) is 3.78. The molecule has 0 spiro atoms. The summed E-state index contributed by atoms with van der Waals surface area (Å²) in [7, 11) is 0. The fraction of sp³-hybridized carbons (Fsp3) is 0.111. The van der Waals surface area contributed by atoms with E-state index in [-0.39, 0.29) is 12.4 Å². The summed E-state index contributed by atoms with van der Waals surface area (Å²) in [5.74, 6) is 0. The van der Waals surface area contributed by atoms with Crippen LogP contribution in [0, 0.1) is 6.92 Å². The van der Waals surface area contributed by atoms with Crippen molar-refractivity contribution in [3.8, 4) is 5.69 Å². The molecule has 0 aliphatic rings. The van der Waals surface area contributed by atoms with Crippen LogP contribution in [0.25, 0.3) is 5.69 Å². The Bertz CT molecular complexity index is 369. The van der Waals surface area contributed by atoms with Crippen molar-refractivity contribution in [2.24, 2.45) is 0 Å². The van der Waals surface area contributed by atoms with Crippen LogP contribution >= 0.6 is 12.4 Å². The Morgan fingerprint density at radius 2 is 1.92 bits per heavy atom. The molecule has 0 fully saturated rings. The number of halogens is 1. The lowest BCUT2D eigenvalue weighted by atomic mass is 10.4. The molecule has 2 aromatic heterocycles. The standard InChI is InChI=1S/C9H9N3.ClH/c1-8-6-11-12(7-8)9-2-4-10-5-3-9;/h2-7H,1H3;1H. The molecular weight excluding hydrogens is 186 g/mol. The summed E-state index contributed by atoms with van der Waals surface area (Å²) in [4.78, 5) is 3.94. The highest BCUT2D eigenvalue weighted by atomic mass is 35.5. The van der Waals surface area contributed by atoms with E-state index in [1.807, 2.05) is 36.1 Å². The molecule has 0 aliphatic carbocycles. The third kappa shape index (κ3) is 2.06. The molecule has 2 heterocycles. The van der Waals surface area contributed by atoms with E-state index in [4.69, 9.17) is 0 Å². The van der Waals surface area contributed by atoms with Crippen LogP contribution in [0.2, 0.25) is 0 Å². The zero-order chi connectivity index (χ0) is 8.39. The van der Waals surface area contributed by atoms with Gasteiger partial charge in [0.2, 0.25) is 0 Å². The van der Waals surface area contributed by atoms with Gasteiger partial charge in [-0.1, -0.05) is 0 Å². The highest BCUT2D eigenvalue weighted by Crippen LogP contribution is 2.04. The third-order valence-electron chi connectivity index (χ3n) is 1.64. The van der Waals surface area contributed by atoms with Crippen LogP contribution in [0.5, 0.6) is 0 Å². The maximum absolute atomic E-state index is 4.17. The van der Waals surface area contributed by atoms with Crippen molar-refractivity contribution in [2.75, 3.05) is 0 Å². The predicted molar refractivity (Wildman–Crippen MR) is 53.3 cm³/mol. The minimum absolute atomic E-state index is 0. The molecule has 3 nitrogen and oxygen atoms in total. The molecule has 13 heavy (non-hydrogen) atoms. The normalized spacial score (nSPS) is 9.31. The number of hydrogen-bond acceptors (Lipinski definition) is 2. The van der Waals surface area contributed by atoms with Crippen LogP contribution in [-0.2, 0) is 0 Å². The van der Waals surface area contributed by atoms with Crippen molar-refractivity contribution in [3.63, 3.8) is 0 Å². The van der Waals surface area contributed by atoms with E-state index in [1.54, 1.807) is 12.4 Å². The molecule has 0 aliphatic heterocycles. The second kappa shape index (κ2) is 4.05. The zero-order valence-corrected chi connectivity index (χ0v) is 8.03. The Hall–Kier alpha value is -1.35. The fourth-order valence-electron chi connectivity index (χ4n) is 1.05. The van der Waals surface area contributed by atoms with Crippen molar-refractivity contribution in [1.82, 2.24) is 14.8 Å². The van der Waals surface area contributed by atoms with E-state index < -0.39 is 0 Å². The van der Waals surface area contributed by atoms with Gasteiger partial charge in [0.15, 0.2) is 0 Å². The first-order chi connectivity index (χ1) is 5.86. The van der Waals surface area contributed by atoms with Crippen LogP contribution in [0.15, 0.2) is 36.9 Å². The lowest BCUT2D eigenvalue weighted by Gasteiger charge is -1.97. The van der Waals surface area contributed by atoms with Gasteiger partial charge in [-0.2, -0.15) is 5.10 Å². The Morgan fingerprint density at radius 1 is 1.23 bits per heavy atom. The van der Waals surface area contributed by atoms with E-state index >= 15 is 0 Å². The molecule has 0 atom stereocenters. The van der Waals surface area contributed by atoms with Gasteiger partial charge in [0.25, 0.3) is 0 Å². The number of hydrogen-bond donors (Lipinski definition) is 0. The van der Waals surface area contributed by atoms with Gasteiger partial charge in [-0.3, -0.25) is 4.98 Å². The van der Waals surface area contributed by atoms with Gasteiger partial charge in [0, 0.05) is 18.6 Å². The van der Waals surface area contributed by atoms with Crippen LogP contribution in [0.3, 0.4) is 0 Å². The molecule has 0 unspecified atom stereocenters. The first kappa shape index (κ1) is 9.74. The summed E-state index contributed by atoms with van der Waals surface area (Å²) in [5.41, 5.74) is 2.20. The highest BCUT2D eigenvalue weighted by molar-refractivity contribution is 5.85. The van der Waals surface area contributed by atoms with Crippen molar-refractivity contribution in [1.29, 1.82) is 0 Å². The maximum Gasteiger partial charge on any atom is 0.0676 e. The topological polar surface area (TPSA) is 30.7 Å². The van der Waals surface area contributed by atoms with E-state index in [1.165, 1.54) is 0 Å². The van der Waals surface area contributed by atoms with Crippen molar-refractivity contribution in [3.05, 3.63) is 42.5 Å². The number of aryl methyl sites for hydroxylation is 1. The summed E-state index contributed by atoms with van der Waals surface area (Å²) in [5, 5.41) is 4.17. The van der Waals surface area contributed by atoms with E-state index in [2.05, 4.69) is 10.1 Å². The first-order valence-corrected chi connectivity index (χ1v) is 3.78. The van der Waals surface area contributed by atoms with Gasteiger partial charge in [-0.15, -0.1) is 12.4 Å². The summed E-state index contributed by atoms with van der Waals surface area (Å²) in [6.07, 6.45) is 7.33. The summed E-state index contributed by atoms with van der Waals surface area (Å²) in [6.45, 7) is 2.02. The van der Waals surface area contributed by atoms with E-state index in [0.717, 1.165) is 11.3 Å². The quantitative estimate of drug-likeness (QED) is 0.697. The van der Waals surface area contributed by atoms with Gasteiger partial charge in [0.1, 0.15) is 0 Å². The lowest BCUT2D eigenvalue weighted by molar-refractivity contribution is 0.877. The molecule has 68 valence electrons. The Balaban J connectivity index is 0.000000845. The summed E-state index contributed by atoms with van der Waals surface area (Å²) in [6, 6.07) is 3.85. The second-order valence-electron chi connectivity index (χ2n) is 2.67. The maximum atomic E-state index is 4.17. The minimum Gasteiger partial charge on any atom is -0.265 e. The molecule has 4 heteroatoms. The molecule has 0 bridgehead atoms. The smallest absolute Gasteiger partial charge is 0.0676 e. The van der Waals surface area contributed by atoms with E-state index in [0.29, 0.717) is 0 Å². The highest BCUT2D eigenvalue weighted by Gasteiger charge is 1.95. The predicted octanol–water partition coefficient (Wildman–Crippen LogP) is 2.00. The average Bonchev–Trinajstić information content (AvgIpc) is 2.54. The minimum atomic E-state index is 0. The van der Waals surface area contributed by atoms with Crippen LogP contribution in [-0.4, -0.2) is 14.8 Å². The van der Waals surface area contributed by atoms with Crippen molar-refractivity contribution < 1.29 is 0 Å². The summed E-state index contributed by atoms with van der Waals surface area (Å²) >= 11 is 0. The van der Waals surface area contributed by atoms with Crippen LogP contribution < -0.4 is 0 Å². The van der Waals surface area contributed by atoms with Gasteiger partial charge < -0.3 is 0 Å². The van der Waals surface area contributed by atoms with Crippen LogP contribution in [0.1, 0.15) is 5.56 Å². The zero-order valence-electron chi connectivity index (χ0n) is 7.21. The molecular formula is C9H10ClN3. The average molecular weight is 196 g/mol. The Morgan fingerprint density at radius 3 is 2.46 bits per heavy atom. The molecule has 0 amide bonds. The third-order valence-corrected chi connectivity index (χ3v) is 1.64. The van der Waals surface area contributed by atoms with Crippen LogP contribution in [0.4, 0.5) is 0 Å². The van der Waals surface area contributed by atoms with Gasteiger partial charge in [0.05, 0.1) is 11.9 Å². The van der Waals surface area contributed by atoms with Gasteiger partial charge >= 0.3 is 0 Å². The lowest BCUT2D eigenvalue weighted by Crippen LogP contribution is -1.93. The summed E-state index contributed by atoms with van der Waals surface area (Å²) < 4.78 is 1.83. The number of pyridine rings is 1. The van der Waals surface area contributed by atoms with Crippen molar-refractivity contribution >= 4 is 12.4 Å². The number of aromatic nitrogens is 3. The molecule has 0 N–H and O–H groups in total. The van der Waals surface area contributed by atoms with E-state index in [9.17, 15) is 0 Å². The number of rotatable bonds is 1. The van der Waals surface area contributed by atoms with Gasteiger partial charge in [-0.05, 0) is 24.6 Å². The molecule has 0 radical (unpaired) electrons. The van der Waals surface area contributed by atoms with Gasteiger partial charge in [-0.25, -0.2) is 4.68 Å². The monoisotopic (exact) mass is 195 g/mol. The molecule has 0 aromatic carbocycles. The molecule has 0 saturated carbocycles. The largest absolute Gasteiger partial charge is 0.265 e. The second-order valence-corrected chi connectivity index (χ2v) is 2.67. The Kier molecular flexibility index (Phi) is 3.03. The Labute approximate surface area is 82.8 Å². The molecule has 0 saturated heterocycles. The van der Waals surface area contributed by atoms with Crippen molar-refractivity contribution in [2.45, 2.75) is 6.92 Å². The number of nitrogens with zero attached hydrogens (tertiary/aromatic N) is 3. The fourth-order valence-corrected chi connectivity index (χ4v) is 1.05.